The minimum atomic E-state index is -0.201. The van der Waals surface area contributed by atoms with Gasteiger partial charge in [-0.2, -0.15) is 0 Å². The molecule has 20 heavy (non-hydrogen) atoms. The Morgan fingerprint density at radius 1 is 1.40 bits per heavy atom. The largest absolute Gasteiger partial charge is 0.350 e. The highest BCUT2D eigenvalue weighted by molar-refractivity contribution is 6.35. The minimum Gasteiger partial charge on any atom is -0.350 e. The highest BCUT2D eigenvalue weighted by atomic mass is 35.5. The molecule has 0 unspecified atom stereocenters. The Kier molecular flexibility index (Phi) is 4.89. The van der Waals surface area contributed by atoms with Crippen molar-refractivity contribution in [3.63, 3.8) is 0 Å². The van der Waals surface area contributed by atoms with Crippen LogP contribution in [0.2, 0.25) is 10.2 Å². The number of hydrogen-bond donors (Lipinski definition) is 1. The lowest BCUT2D eigenvalue weighted by molar-refractivity contribution is 0.0900. The zero-order valence-electron chi connectivity index (χ0n) is 11.7. The van der Waals surface area contributed by atoms with Gasteiger partial charge in [-0.15, -0.1) is 0 Å². The molecule has 0 spiro atoms. The van der Waals surface area contributed by atoms with Crippen LogP contribution in [0.3, 0.4) is 0 Å². The van der Waals surface area contributed by atoms with Gasteiger partial charge in [0.05, 0.1) is 10.6 Å². The second-order valence-corrected chi connectivity index (χ2v) is 6.29. The number of carbonyl (C=O) groups is 1. The fourth-order valence-electron chi connectivity index (χ4n) is 2.74. The third-order valence-corrected chi connectivity index (χ3v) is 4.64. The van der Waals surface area contributed by atoms with Crippen LogP contribution in [0.1, 0.15) is 36.0 Å². The highest BCUT2D eigenvalue weighted by Gasteiger charge is 2.36. The summed E-state index contributed by atoms with van der Waals surface area (Å²) >= 11 is 11.8. The number of halogens is 2. The summed E-state index contributed by atoms with van der Waals surface area (Å²) in [4.78, 5) is 18.3. The third-order valence-electron chi connectivity index (χ3n) is 4.13. The number of carbonyl (C=O) groups excluding carboxylic acids is 1. The lowest BCUT2D eigenvalue weighted by atomic mass is 9.96. The van der Waals surface area contributed by atoms with Gasteiger partial charge in [0.15, 0.2) is 0 Å². The van der Waals surface area contributed by atoms with Gasteiger partial charge in [0, 0.05) is 18.3 Å². The van der Waals surface area contributed by atoms with E-state index in [0.717, 1.165) is 12.8 Å². The van der Waals surface area contributed by atoms with Crippen molar-refractivity contribution < 1.29 is 4.79 Å². The Bertz CT molecular complexity index is 499. The summed E-state index contributed by atoms with van der Waals surface area (Å²) in [6, 6.07) is 1.50. The molecule has 1 heterocycles. The van der Waals surface area contributed by atoms with Gasteiger partial charge < -0.3 is 10.2 Å². The second kappa shape index (κ2) is 6.29. The van der Waals surface area contributed by atoms with E-state index < -0.39 is 0 Å². The molecule has 0 bridgehead atoms. The van der Waals surface area contributed by atoms with E-state index in [-0.39, 0.29) is 16.6 Å². The monoisotopic (exact) mass is 315 g/mol. The predicted octanol–water partition coefficient (Wildman–Crippen LogP) is 2.99. The van der Waals surface area contributed by atoms with Gasteiger partial charge in [0.2, 0.25) is 0 Å². The average Bonchev–Trinajstić information content (AvgIpc) is 2.89. The summed E-state index contributed by atoms with van der Waals surface area (Å²) in [5, 5.41) is 3.56. The smallest absolute Gasteiger partial charge is 0.253 e. The van der Waals surface area contributed by atoms with E-state index in [1.807, 2.05) is 0 Å². The Morgan fingerprint density at radius 2 is 2.05 bits per heavy atom. The first-order valence-corrected chi connectivity index (χ1v) is 7.47. The van der Waals surface area contributed by atoms with Gasteiger partial charge in [-0.1, -0.05) is 36.0 Å². The summed E-state index contributed by atoms with van der Waals surface area (Å²) in [5.74, 6) is -0.201. The standard InChI is InChI=1S/C14H19Cl2N3O/c1-19(2)14(5-3-4-6-14)9-18-13(20)10-7-12(16)17-8-11(10)15/h7-8H,3-6,9H2,1-2H3,(H,18,20). The van der Waals surface area contributed by atoms with Gasteiger partial charge in [0.1, 0.15) is 5.15 Å². The number of likely N-dealkylation sites (N-methyl/N-ethyl adjacent to an activating group) is 1. The normalized spacial score (nSPS) is 17.4. The Labute approximate surface area is 129 Å². The van der Waals surface area contributed by atoms with Crippen molar-refractivity contribution in [3.8, 4) is 0 Å². The SMILES string of the molecule is CN(C)C1(CNC(=O)c2cc(Cl)ncc2Cl)CCCC1. The summed E-state index contributed by atoms with van der Waals surface area (Å²) in [6.07, 6.45) is 6.01. The number of nitrogens with zero attached hydrogens (tertiary/aromatic N) is 2. The second-order valence-electron chi connectivity index (χ2n) is 5.50. The van der Waals surface area contributed by atoms with E-state index in [4.69, 9.17) is 23.2 Å². The summed E-state index contributed by atoms with van der Waals surface area (Å²) in [5.41, 5.74) is 0.428. The van der Waals surface area contributed by atoms with Crippen LogP contribution in [0.4, 0.5) is 0 Å². The van der Waals surface area contributed by atoms with Crippen molar-refractivity contribution in [2.24, 2.45) is 0 Å². The Hall–Kier alpha value is -0.840. The summed E-state index contributed by atoms with van der Waals surface area (Å²) in [6.45, 7) is 0.620. The van der Waals surface area contributed by atoms with E-state index >= 15 is 0 Å². The number of rotatable bonds is 4. The maximum atomic E-state index is 12.2. The first kappa shape index (κ1) is 15.5. The molecule has 0 aliphatic heterocycles. The molecule has 1 saturated carbocycles. The van der Waals surface area contributed by atoms with Gasteiger partial charge in [-0.25, -0.2) is 4.98 Å². The lowest BCUT2D eigenvalue weighted by Gasteiger charge is -2.36. The number of pyridine rings is 1. The molecule has 1 aromatic rings. The van der Waals surface area contributed by atoms with Crippen LogP contribution < -0.4 is 5.32 Å². The van der Waals surface area contributed by atoms with Crippen LogP contribution in [0.5, 0.6) is 0 Å². The van der Waals surface area contributed by atoms with Crippen LogP contribution in [0.25, 0.3) is 0 Å². The molecule has 1 amide bonds. The van der Waals surface area contributed by atoms with Crippen LogP contribution in [-0.4, -0.2) is 42.0 Å². The van der Waals surface area contributed by atoms with E-state index in [9.17, 15) is 4.79 Å². The number of aromatic nitrogens is 1. The first-order valence-electron chi connectivity index (χ1n) is 6.71. The molecular formula is C14H19Cl2N3O. The number of amides is 1. The molecule has 6 heteroatoms. The van der Waals surface area contributed by atoms with E-state index in [2.05, 4.69) is 29.3 Å². The molecule has 0 saturated heterocycles. The van der Waals surface area contributed by atoms with Crippen LogP contribution >= 0.6 is 23.2 Å². The molecule has 0 radical (unpaired) electrons. The van der Waals surface area contributed by atoms with E-state index in [1.54, 1.807) is 0 Å². The lowest BCUT2D eigenvalue weighted by Crippen LogP contribution is -2.50. The molecule has 1 aromatic heterocycles. The summed E-state index contributed by atoms with van der Waals surface area (Å²) < 4.78 is 0. The van der Waals surface area contributed by atoms with E-state index in [1.165, 1.54) is 25.1 Å². The molecule has 0 atom stereocenters. The van der Waals surface area contributed by atoms with Gasteiger partial charge >= 0.3 is 0 Å². The topological polar surface area (TPSA) is 45.2 Å². The van der Waals surface area contributed by atoms with Gasteiger partial charge in [-0.05, 0) is 33.0 Å². The maximum Gasteiger partial charge on any atom is 0.253 e. The van der Waals surface area contributed by atoms with Crippen molar-refractivity contribution >= 4 is 29.1 Å². The Morgan fingerprint density at radius 3 is 2.65 bits per heavy atom. The molecule has 110 valence electrons. The zero-order chi connectivity index (χ0) is 14.8. The average molecular weight is 316 g/mol. The van der Waals surface area contributed by atoms with Crippen molar-refractivity contribution in [1.82, 2.24) is 15.2 Å². The highest BCUT2D eigenvalue weighted by Crippen LogP contribution is 2.33. The molecule has 0 aromatic carbocycles. The van der Waals surface area contributed by atoms with Crippen LogP contribution in [-0.2, 0) is 0 Å². The summed E-state index contributed by atoms with van der Waals surface area (Å²) in [7, 11) is 4.13. The molecule has 1 N–H and O–H groups in total. The molecule has 4 nitrogen and oxygen atoms in total. The van der Waals surface area contributed by atoms with Crippen molar-refractivity contribution in [1.29, 1.82) is 0 Å². The van der Waals surface area contributed by atoms with E-state index in [0.29, 0.717) is 17.1 Å². The zero-order valence-corrected chi connectivity index (χ0v) is 13.3. The predicted molar refractivity (Wildman–Crippen MR) is 81.5 cm³/mol. The molecule has 1 fully saturated rings. The fourth-order valence-corrected chi connectivity index (χ4v) is 3.09. The van der Waals surface area contributed by atoms with Gasteiger partial charge in [-0.3, -0.25) is 4.79 Å². The van der Waals surface area contributed by atoms with Crippen molar-refractivity contribution in [3.05, 3.63) is 28.0 Å². The Balaban J connectivity index is 2.06. The quantitative estimate of drug-likeness (QED) is 0.869. The molecule has 2 rings (SSSR count). The van der Waals surface area contributed by atoms with Gasteiger partial charge in [0.25, 0.3) is 5.91 Å². The van der Waals surface area contributed by atoms with Crippen molar-refractivity contribution in [2.75, 3.05) is 20.6 Å². The first-order chi connectivity index (χ1) is 9.44. The number of nitrogens with one attached hydrogen (secondary N) is 1. The van der Waals surface area contributed by atoms with Crippen molar-refractivity contribution in [2.45, 2.75) is 31.2 Å². The van der Waals surface area contributed by atoms with Crippen LogP contribution in [0, 0.1) is 0 Å². The number of hydrogen-bond acceptors (Lipinski definition) is 3. The van der Waals surface area contributed by atoms with Crippen LogP contribution in [0.15, 0.2) is 12.3 Å². The molecule has 1 aliphatic rings. The fraction of sp³-hybridized carbons (Fsp3) is 0.571. The third kappa shape index (κ3) is 3.25. The molecular weight excluding hydrogens is 297 g/mol. The minimum absolute atomic E-state index is 0.0545. The molecule has 1 aliphatic carbocycles. The maximum absolute atomic E-state index is 12.2.